The zero-order valence-corrected chi connectivity index (χ0v) is 18.1. The molecule has 158 valence electrons. The smallest absolute Gasteiger partial charge is 0.224 e. The molecular formula is C25H30ClN3O. The number of carbonyl (C=O) groups is 1. The third-order valence-corrected chi connectivity index (χ3v) is 5.80. The molecule has 0 radical (unpaired) electrons. The minimum Gasteiger partial charge on any atom is -0.398 e. The first-order valence-corrected chi connectivity index (χ1v) is 10.8. The summed E-state index contributed by atoms with van der Waals surface area (Å²) in [7, 11) is 0. The number of fused-ring (bicyclic) bond motifs is 2. The number of amides is 1. The molecule has 4 rings (SSSR count). The van der Waals surface area contributed by atoms with Crippen LogP contribution in [-0.2, 0) is 24.1 Å². The van der Waals surface area contributed by atoms with Gasteiger partial charge in [-0.15, -0.1) is 12.4 Å². The van der Waals surface area contributed by atoms with Crippen molar-refractivity contribution in [3.8, 4) is 0 Å². The summed E-state index contributed by atoms with van der Waals surface area (Å²) in [4.78, 5) is 17.1. The molecule has 2 aromatic carbocycles. The van der Waals surface area contributed by atoms with Crippen LogP contribution in [-0.4, -0.2) is 10.9 Å². The number of pyridine rings is 1. The summed E-state index contributed by atoms with van der Waals surface area (Å²) >= 11 is 0. The van der Waals surface area contributed by atoms with Gasteiger partial charge in [0.25, 0.3) is 0 Å². The van der Waals surface area contributed by atoms with E-state index in [1.807, 2.05) is 24.3 Å². The number of anilines is 2. The monoisotopic (exact) mass is 423 g/mol. The van der Waals surface area contributed by atoms with Crippen LogP contribution in [0.25, 0.3) is 10.9 Å². The van der Waals surface area contributed by atoms with Gasteiger partial charge in [-0.05, 0) is 74.3 Å². The minimum atomic E-state index is 0. The van der Waals surface area contributed by atoms with Crippen LogP contribution >= 0.6 is 12.4 Å². The molecule has 1 heterocycles. The SMILES string of the molecule is Cl.Nc1c2c(nc3ccc(NC(=O)CCCCCc4ccccc4)cc13)CCCC2. The van der Waals surface area contributed by atoms with Crippen molar-refractivity contribution in [2.24, 2.45) is 0 Å². The first-order chi connectivity index (χ1) is 14.2. The van der Waals surface area contributed by atoms with Crippen molar-refractivity contribution in [1.82, 2.24) is 4.98 Å². The lowest BCUT2D eigenvalue weighted by Crippen LogP contribution is -2.12. The van der Waals surface area contributed by atoms with Gasteiger partial charge in [-0.3, -0.25) is 9.78 Å². The molecule has 3 aromatic rings. The summed E-state index contributed by atoms with van der Waals surface area (Å²) in [5, 5.41) is 3.98. The number of carbonyl (C=O) groups excluding carboxylic acids is 1. The first-order valence-electron chi connectivity index (χ1n) is 10.8. The summed E-state index contributed by atoms with van der Waals surface area (Å²) in [6.45, 7) is 0. The van der Waals surface area contributed by atoms with Crippen LogP contribution < -0.4 is 11.1 Å². The van der Waals surface area contributed by atoms with Gasteiger partial charge in [0.05, 0.1) is 5.52 Å². The molecule has 3 N–H and O–H groups in total. The fraction of sp³-hybridized carbons (Fsp3) is 0.360. The number of hydrogen-bond donors (Lipinski definition) is 2. The number of nitrogens with zero attached hydrogens (tertiary/aromatic N) is 1. The minimum absolute atomic E-state index is 0. The van der Waals surface area contributed by atoms with Gasteiger partial charge >= 0.3 is 0 Å². The molecular weight excluding hydrogens is 394 g/mol. The van der Waals surface area contributed by atoms with Gasteiger partial charge in [0.2, 0.25) is 5.91 Å². The Hall–Kier alpha value is -2.59. The molecule has 30 heavy (non-hydrogen) atoms. The number of nitrogens with two attached hydrogens (primary N) is 1. The average molecular weight is 424 g/mol. The van der Waals surface area contributed by atoms with E-state index in [4.69, 9.17) is 10.7 Å². The maximum atomic E-state index is 12.3. The average Bonchev–Trinajstić information content (AvgIpc) is 2.75. The van der Waals surface area contributed by atoms with Crippen LogP contribution in [0.3, 0.4) is 0 Å². The second kappa shape index (κ2) is 10.4. The molecule has 0 spiro atoms. The largest absolute Gasteiger partial charge is 0.398 e. The Balaban J connectivity index is 0.00000256. The summed E-state index contributed by atoms with van der Waals surface area (Å²) < 4.78 is 0. The summed E-state index contributed by atoms with van der Waals surface area (Å²) in [6.07, 6.45) is 9.07. The molecule has 0 atom stereocenters. The Morgan fingerprint density at radius 3 is 2.63 bits per heavy atom. The molecule has 1 aliphatic rings. The van der Waals surface area contributed by atoms with E-state index in [0.717, 1.165) is 66.5 Å². The maximum absolute atomic E-state index is 12.3. The van der Waals surface area contributed by atoms with E-state index in [1.165, 1.54) is 24.0 Å². The number of benzene rings is 2. The summed E-state index contributed by atoms with van der Waals surface area (Å²) in [6, 6.07) is 16.4. The zero-order valence-electron chi connectivity index (χ0n) is 17.3. The number of nitrogens with one attached hydrogen (secondary N) is 1. The normalized spacial score (nSPS) is 12.8. The van der Waals surface area contributed by atoms with E-state index in [-0.39, 0.29) is 18.3 Å². The third kappa shape index (κ3) is 5.31. The molecule has 0 aliphatic heterocycles. The molecule has 0 fully saturated rings. The Bertz CT molecular complexity index is 1000. The van der Waals surface area contributed by atoms with Crippen molar-refractivity contribution in [1.29, 1.82) is 0 Å². The molecule has 0 saturated carbocycles. The van der Waals surface area contributed by atoms with Crippen molar-refractivity contribution < 1.29 is 4.79 Å². The number of aromatic nitrogens is 1. The summed E-state index contributed by atoms with van der Waals surface area (Å²) in [5.41, 5.74) is 12.7. The molecule has 4 nitrogen and oxygen atoms in total. The number of hydrogen-bond acceptors (Lipinski definition) is 3. The van der Waals surface area contributed by atoms with Gasteiger partial charge in [0.15, 0.2) is 0 Å². The zero-order chi connectivity index (χ0) is 20.1. The molecule has 0 bridgehead atoms. The van der Waals surface area contributed by atoms with Crippen LogP contribution in [0.5, 0.6) is 0 Å². The van der Waals surface area contributed by atoms with Crippen LogP contribution in [0.1, 0.15) is 55.3 Å². The van der Waals surface area contributed by atoms with E-state index < -0.39 is 0 Å². The van der Waals surface area contributed by atoms with E-state index in [9.17, 15) is 4.79 Å². The predicted octanol–water partition coefficient (Wildman–Crippen LogP) is 5.86. The van der Waals surface area contributed by atoms with Gasteiger partial charge < -0.3 is 11.1 Å². The predicted molar refractivity (Wildman–Crippen MR) is 127 cm³/mol. The standard InChI is InChI=1S/C25H29N3O.ClH/c26-25-20-12-7-8-13-22(20)28-23-16-15-19(17-21(23)25)27-24(29)14-6-2-5-11-18-9-3-1-4-10-18;/h1,3-4,9-10,15-17H,2,5-8,11-14H2,(H2,26,28)(H,27,29);1H. The van der Waals surface area contributed by atoms with Crippen molar-refractivity contribution in [3.05, 3.63) is 65.4 Å². The van der Waals surface area contributed by atoms with Crippen LogP contribution in [0.2, 0.25) is 0 Å². The van der Waals surface area contributed by atoms with Gasteiger partial charge in [0, 0.05) is 28.9 Å². The molecule has 1 aliphatic carbocycles. The fourth-order valence-corrected chi connectivity index (χ4v) is 4.20. The molecule has 0 saturated heterocycles. The van der Waals surface area contributed by atoms with Crippen molar-refractivity contribution in [3.63, 3.8) is 0 Å². The number of aryl methyl sites for hydroxylation is 2. The highest BCUT2D eigenvalue weighted by molar-refractivity contribution is 5.98. The van der Waals surface area contributed by atoms with Crippen LogP contribution in [0, 0.1) is 0 Å². The van der Waals surface area contributed by atoms with Gasteiger partial charge in [-0.1, -0.05) is 36.8 Å². The number of rotatable bonds is 7. The van der Waals surface area contributed by atoms with Crippen LogP contribution in [0.15, 0.2) is 48.5 Å². The lowest BCUT2D eigenvalue weighted by molar-refractivity contribution is -0.116. The van der Waals surface area contributed by atoms with Gasteiger partial charge in [0.1, 0.15) is 0 Å². The highest BCUT2D eigenvalue weighted by atomic mass is 35.5. The van der Waals surface area contributed by atoms with E-state index >= 15 is 0 Å². The second-order valence-corrected chi connectivity index (χ2v) is 7.98. The topological polar surface area (TPSA) is 68.0 Å². The van der Waals surface area contributed by atoms with Crippen molar-refractivity contribution >= 4 is 40.6 Å². The molecule has 1 aromatic heterocycles. The Labute approximate surface area is 184 Å². The Morgan fingerprint density at radius 1 is 1.00 bits per heavy atom. The lowest BCUT2D eigenvalue weighted by Gasteiger charge is -2.19. The first kappa shape index (κ1) is 22.1. The molecule has 5 heteroatoms. The number of nitrogen functional groups attached to an aromatic ring is 1. The van der Waals surface area contributed by atoms with E-state index in [2.05, 4.69) is 29.6 Å². The maximum Gasteiger partial charge on any atom is 0.224 e. The van der Waals surface area contributed by atoms with Crippen LogP contribution in [0.4, 0.5) is 11.4 Å². The van der Waals surface area contributed by atoms with E-state index in [0.29, 0.717) is 6.42 Å². The highest BCUT2D eigenvalue weighted by Gasteiger charge is 2.16. The number of unbranched alkanes of at least 4 members (excludes halogenated alkanes) is 2. The quantitative estimate of drug-likeness (QED) is 0.467. The fourth-order valence-electron chi connectivity index (χ4n) is 4.20. The Morgan fingerprint density at radius 2 is 1.80 bits per heavy atom. The van der Waals surface area contributed by atoms with Gasteiger partial charge in [-0.25, -0.2) is 0 Å². The Kier molecular flexibility index (Phi) is 7.69. The lowest BCUT2D eigenvalue weighted by atomic mass is 9.93. The number of halogens is 1. The summed E-state index contributed by atoms with van der Waals surface area (Å²) in [5.74, 6) is 0.0635. The third-order valence-electron chi connectivity index (χ3n) is 5.80. The highest BCUT2D eigenvalue weighted by Crippen LogP contribution is 2.32. The van der Waals surface area contributed by atoms with Crippen molar-refractivity contribution in [2.75, 3.05) is 11.1 Å². The van der Waals surface area contributed by atoms with Gasteiger partial charge in [-0.2, -0.15) is 0 Å². The second-order valence-electron chi connectivity index (χ2n) is 7.98. The van der Waals surface area contributed by atoms with Crippen molar-refractivity contribution in [2.45, 2.75) is 57.8 Å². The van der Waals surface area contributed by atoms with E-state index in [1.54, 1.807) is 0 Å². The molecule has 1 amide bonds. The molecule has 0 unspecified atom stereocenters.